The highest BCUT2D eigenvalue weighted by Gasteiger charge is 2.19. The van der Waals surface area contributed by atoms with E-state index in [4.69, 9.17) is 0 Å². The maximum atomic E-state index is 4.47. The summed E-state index contributed by atoms with van der Waals surface area (Å²) in [5.41, 5.74) is 2.94. The van der Waals surface area contributed by atoms with Crippen LogP contribution >= 0.6 is 0 Å². The SMILES string of the molecule is CC(C)(C)c1ccnc(CC2CCC2)c1. The fourth-order valence-electron chi connectivity index (χ4n) is 2.05. The minimum Gasteiger partial charge on any atom is -0.261 e. The summed E-state index contributed by atoms with van der Waals surface area (Å²) in [6.45, 7) is 6.78. The van der Waals surface area contributed by atoms with Crippen LogP contribution in [0.15, 0.2) is 18.3 Å². The third-order valence-electron chi connectivity index (χ3n) is 3.41. The Labute approximate surface area is 92.9 Å². The highest BCUT2D eigenvalue weighted by molar-refractivity contribution is 5.23. The summed E-state index contributed by atoms with van der Waals surface area (Å²) in [4.78, 5) is 4.47. The van der Waals surface area contributed by atoms with E-state index in [1.54, 1.807) is 0 Å². The first-order valence-electron chi connectivity index (χ1n) is 6.01. The van der Waals surface area contributed by atoms with Crippen molar-refractivity contribution in [3.05, 3.63) is 29.6 Å². The molecule has 0 spiro atoms. The molecule has 1 nitrogen and oxygen atoms in total. The van der Waals surface area contributed by atoms with Gasteiger partial charge in [-0.05, 0) is 35.4 Å². The van der Waals surface area contributed by atoms with Gasteiger partial charge in [-0.2, -0.15) is 0 Å². The Kier molecular flexibility index (Phi) is 2.81. The van der Waals surface area contributed by atoms with E-state index in [1.807, 2.05) is 6.20 Å². The van der Waals surface area contributed by atoms with Gasteiger partial charge in [-0.1, -0.05) is 40.0 Å². The number of rotatable bonds is 2. The predicted octanol–water partition coefficient (Wildman–Crippen LogP) is 3.72. The average molecular weight is 203 g/mol. The molecule has 0 atom stereocenters. The van der Waals surface area contributed by atoms with Crippen molar-refractivity contribution < 1.29 is 0 Å². The van der Waals surface area contributed by atoms with Crippen LogP contribution in [-0.2, 0) is 11.8 Å². The molecule has 0 aromatic carbocycles. The van der Waals surface area contributed by atoms with Crippen LogP contribution in [0.4, 0.5) is 0 Å². The van der Waals surface area contributed by atoms with Gasteiger partial charge in [-0.3, -0.25) is 4.98 Å². The van der Waals surface area contributed by atoms with Crippen molar-refractivity contribution in [2.45, 2.75) is 51.9 Å². The molecule has 0 saturated heterocycles. The van der Waals surface area contributed by atoms with Gasteiger partial charge in [0.25, 0.3) is 0 Å². The molecule has 82 valence electrons. The fraction of sp³-hybridized carbons (Fsp3) is 0.643. The first-order chi connectivity index (χ1) is 7.05. The van der Waals surface area contributed by atoms with Crippen molar-refractivity contribution >= 4 is 0 Å². The summed E-state index contributed by atoms with van der Waals surface area (Å²) in [6.07, 6.45) is 7.38. The Morgan fingerprint density at radius 1 is 1.33 bits per heavy atom. The molecule has 1 fully saturated rings. The lowest BCUT2D eigenvalue weighted by Gasteiger charge is -2.25. The predicted molar refractivity (Wildman–Crippen MR) is 64.0 cm³/mol. The van der Waals surface area contributed by atoms with Crippen LogP contribution < -0.4 is 0 Å². The van der Waals surface area contributed by atoms with E-state index in [1.165, 1.54) is 36.9 Å². The van der Waals surface area contributed by atoms with Gasteiger partial charge in [0.05, 0.1) is 0 Å². The second-order valence-electron chi connectivity index (χ2n) is 5.79. The number of pyridine rings is 1. The largest absolute Gasteiger partial charge is 0.261 e. The number of hydrogen-bond acceptors (Lipinski definition) is 1. The van der Waals surface area contributed by atoms with E-state index >= 15 is 0 Å². The van der Waals surface area contributed by atoms with Crippen LogP contribution in [0.5, 0.6) is 0 Å². The Balaban J connectivity index is 2.11. The van der Waals surface area contributed by atoms with Crippen molar-refractivity contribution in [2.75, 3.05) is 0 Å². The molecule has 1 aliphatic rings. The van der Waals surface area contributed by atoms with Crippen LogP contribution in [-0.4, -0.2) is 4.98 Å². The van der Waals surface area contributed by atoms with Gasteiger partial charge in [-0.15, -0.1) is 0 Å². The van der Waals surface area contributed by atoms with Gasteiger partial charge in [0.2, 0.25) is 0 Å². The zero-order chi connectivity index (χ0) is 10.9. The quantitative estimate of drug-likeness (QED) is 0.714. The van der Waals surface area contributed by atoms with Crippen molar-refractivity contribution in [1.29, 1.82) is 0 Å². The lowest BCUT2D eigenvalue weighted by molar-refractivity contribution is 0.312. The molecule has 15 heavy (non-hydrogen) atoms. The summed E-state index contributed by atoms with van der Waals surface area (Å²) in [5, 5.41) is 0. The van der Waals surface area contributed by atoms with Crippen LogP contribution in [0.3, 0.4) is 0 Å². The highest BCUT2D eigenvalue weighted by Crippen LogP contribution is 2.30. The molecule has 1 aromatic heterocycles. The zero-order valence-electron chi connectivity index (χ0n) is 10.1. The van der Waals surface area contributed by atoms with Crippen molar-refractivity contribution in [3.63, 3.8) is 0 Å². The summed E-state index contributed by atoms with van der Waals surface area (Å²) in [7, 11) is 0. The van der Waals surface area contributed by atoms with E-state index in [2.05, 4.69) is 37.9 Å². The molecule has 1 saturated carbocycles. The summed E-state index contributed by atoms with van der Waals surface area (Å²) in [6, 6.07) is 4.43. The standard InChI is InChI=1S/C14H21N/c1-14(2,3)12-7-8-15-13(10-12)9-11-5-4-6-11/h7-8,10-11H,4-6,9H2,1-3H3. The summed E-state index contributed by atoms with van der Waals surface area (Å²) >= 11 is 0. The molecule has 1 aromatic rings. The van der Waals surface area contributed by atoms with E-state index < -0.39 is 0 Å². The van der Waals surface area contributed by atoms with Crippen LogP contribution in [0.2, 0.25) is 0 Å². The second-order valence-corrected chi connectivity index (χ2v) is 5.79. The van der Waals surface area contributed by atoms with Gasteiger partial charge in [0.1, 0.15) is 0 Å². The first-order valence-corrected chi connectivity index (χ1v) is 6.01. The molecule has 0 unspecified atom stereocenters. The molecule has 0 amide bonds. The third kappa shape index (κ3) is 2.58. The number of aromatic nitrogens is 1. The topological polar surface area (TPSA) is 12.9 Å². The Morgan fingerprint density at radius 3 is 2.60 bits per heavy atom. The van der Waals surface area contributed by atoms with Crippen LogP contribution in [0, 0.1) is 5.92 Å². The molecule has 0 aliphatic heterocycles. The number of nitrogens with zero attached hydrogens (tertiary/aromatic N) is 1. The Morgan fingerprint density at radius 2 is 2.07 bits per heavy atom. The minimum atomic E-state index is 0.247. The molecule has 0 radical (unpaired) electrons. The summed E-state index contributed by atoms with van der Waals surface area (Å²) < 4.78 is 0. The zero-order valence-corrected chi connectivity index (χ0v) is 10.1. The van der Waals surface area contributed by atoms with Gasteiger partial charge in [0, 0.05) is 11.9 Å². The van der Waals surface area contributed by atoms with Crippen molar-refractivity contribution in [1.82, 2.24) is 4.98 Å². The van der Waals surface area contributed by atoms with Gasteiger partial charge in [0.15, 0.2) is 0 Å². The van der Waals surface area contributed by atoms with E-state index in [0.717, 1.165) is 5.92 Å². The average Bonchev–Trinajstić information content (AvgIpc) is 2.11. The minimum absolute atomic E-state index is 0.247. The lowest BCUT2D eigenvalue weighted by atomic mass is 9.81. The van der Waals surface area contributed by atoms with Gasteiger partial charge < -0.3 is 0 Å². The first kappa shape index (κ1) is 10.7. The van der Waals surface area contributed by atoms with Gasteiger partial charge >= 0.3 is 0 Å². The monoisotopic (exact) mass is 203 g/mol. The number of hydrogen-bond donors (Lipinski definition) is 0. The maximum Gasteiger partial charge on any atom is 0.0409 e. The molecule has 1 heteroatoms. The molecule has 1 heterocycles. The van der Waals surface area contributed by atoms with Crippen LogP contribution in [0.1, 0.15) is 51.3 Å². The van der Waals surface area contributed by atoms with E-state index in [-0.39, 0.29) is 5.41 Å². The molecular weight excluding hydrogens is 182 g/mol. The molecule has 0 bridgehead atoms. The molecule has 0 N–H and O–H groups in total. The Bertz CT molecular complexity index is 331. The van der Waals surface area contributed by atoms with Gasteiger partial charge in [-0.25, -0.2) is 0 Å². The van der Waals surface area contributed by atoms with Crippen molar-refractivity contribution in [3.8, 4) is 0 Å². The summed E-state index contributed by atoms with van der Waals surface area (Å²) in [5.74, 6) is 0.910. The fourth-order valence-corrected chi connectivity index (χ4v) is 2.05. The smallest absolute Gasteiger partial charge is 0.0409 e. The highest BCUT2D eigenvalue weighted by atomic mass is 14.7. The van der Waals surface area contributed by atoms with E-state index in [9.17, 15) is 0 Å². The Hall–Kier alpha value is -0.850. The normalized spacial score (nSPS) is 17.5. The second kappa shape index (κ2) is 3.96. The molecular formula is C14H21N. The van der Waals surface area contributed by atoms with E-state index in [0.29, 0.717) is 0 Å². The molecule has 1 aliphatic carbocycles. The molecule has 2 rings (SSSR count). The maximum absolute atomic E-state index is 4.47. The van der Waals surface area contributed by atoms with Crippen LogP contribution in [0.25, 0.3) is 0 Å². The lowest BCUT2D eigenvalue weighted by Crippen LogP contribution is -2.16. The van der Waals surface area contributed by atoms with Crippen molar-refractivity contribution in [2.24, 2.45) is 5.92 Å². The third-order valence-corrected chi connectivity index (χ3v) is 3.41.